The van der Waals surface area contributed by atoms with Crippen LogP contribution in [0.25, 0.3) is 5.69 Å². The normalized spacial score (nSPS) is 11.2. The smallest absolute Gasteiger partial charge is 0.315 e. The molecule has 7 nitrogen and oxygen atoms in total. The second-order valence-electron chi connectivity index (χ2n) is 9.46. The van der Waals surface area contributed by atoms with Gasteiger partial charge in [0.15, 0.2) is 0 Å². The van der Waals surface area contributed by atoms with Crippen molar-refractivity contribution in [2.24, 2.45) is 0 Å². The maximum Gasteiger partial charge on any atom is 0.322 e. The lowest BCUT2D eigenvalue weighted by atomic mass is 9.92. The van der Waals surface area contributed by atoms with Gasteiger partial charge in [-0.05, 0) is 55.7 Å². The van der Waals surface area contributed by atoms with Crippen molar-refractivity contribution in [3.63, 3.8) is 0 Å². The number of anilines is 2. The van der Waals surface area contributed by atoms with Crippen molar-refractivity contribution in [1.29, 1.82) is 0 Å². The quantitative estimate of drug-likeness (QED) is 0.485. The fourth-order valence-electron chi connectivity index (χ4n) is 3.50. The fraction of sp³-hybridized carbons (Fsp3) is 0.370. The molecule has 0 aliphatic rings. The Morgan fingerprint density at radius 1 is 1.00 bits per heavy atom. The minimum absolute atomic E-state index is 0.0702. The van der Waals surface area contributed by atoms with Gasteiger partial charge in [0, 0.05) is 23.7 Å². The molecule has 2 N–H and O–H groups in total. The van der Waals surface area contributed by atoms with Crippen LogP contribution >= 0.6 is 0 Å². The Hall–Kier alpha value is -3.61. The van der Waals surface area contributed by atoms with Gasteiger partial charge in [0.25, 0.3) is 0 Å². The van der Waals surface area contributed by atoms with E-state index in [-0.39, 0.29) is 23.9 Å². The molecule has 0 spiro atoms. The first-order valence-electron chi connectivity index (χ1n) is 11.7. The second kappa shape index (κ2) is 10.5. The highest BCUT2D eigenvalue weighted by Gasteiger charge is 2.23. The van der Waals surface area contributed by atoms with Crippen LogP contribution in [0.2, 0.25) is 0 Å². The Labute approximate surface area is 202 Å². The number of rotatable bonds is 7. The molecule has 1 aromatic heterocycles. The summed E-state index contributed by atoms with van der Waals surface area (Å²) in [7, 11) is 0. The average Bonchev–Trinajstić information content (AvgIpc) is 3.22. The van der Waals surface area contributed by atoms with Crippen LogP contribution < -0.4 is 10.6 Å². The molecule has 34 heavy (non-hydrogen) atoms. The average molecular weight is 462 g/mol. The maximum absolute atomic E-state index is 13.0. The van der Waals surface area contributed by atoms with Gasteiger partial charge < -0.3 is 15.5 Å². The van der Waals surface area contributed by atoms with Crippen molar-refractivity contribution in [1.82, 2.24) is 14.7 Å². The SMILES string of the molecule is CCc1ccc(NC(=O)N(CC)CC(=O)Nc2cc(C(C)(C)C)nn2-c2cccc(C)c2)cc1. The first-order valence-corrected chi connectivity index (χ1v) is 11.7. The molecule has 3 rings (SSSR count). The van der Waals surface area contributed by atoms with Gasteiger partial charge in [0.2, 0.25) is 5.91 Å². The molecule has 2 aromatic carbocycles. The van der Waals surface area contributed by atoms with Crippen molar-refractivity contribution in [3.05, 3.63) is 71.4 Å². The number of nitrogens with one attached hydrogen (secondary N) is 2. The lowest BCUT2D eigenvalue weighted by molar-refractivity contribution is -0.116. The maximum atomic E-state index is 13.0. The molecule has 0 aliphatic heterocycles. The van der Waals surface area contributed by atoms with E-state index in [0.717, 1.165) is 23.4 Å². The lowest BCUT2D eigenvalue weighted by Gasteiger charge is -2.21. The molecule has 0 bridgehead atoms. The molecule has 0 radical (unpaired) electrons. The molecular formula is C27H35N5O2. The van der Waals surface area contributed by atoms with Crippen LogP contribution in [0.1, 0.15) is 51.4 Å². The number of urea groups is 1. The molecular weight excluding hydrogens is 426 g/mol. The number of carbonyl (C=O) groups is 2. The van der Waals surface area contributed by atoms with Crippen molar-refractivity contribution < 1.29 is 9.59 Å². The summed E-state index contributed by atoms with van der Waals surface area (Å²) in [6.07, 6.45) is 0.936. The van der Waals surface area contributed by atoms with Crippen LogP contribution in [0.15, 0.2) is 54.6 Å². The first kappa shape index (κ1) is 25.0. The Balaban J connectivity index is 1.75. The Morgan fingerprint density at radius 2 is 1.71 bits per heavy atom. The Kier molecular flexibility index (Phi) is 7.76. The minimum atomic E-state index is -0.315. The molecule has 3 amide bonds. The van der Waals surface area contributed by atoms with Crippen LogP contribution in [-0.2, 0) is 16.6 Å². The van der Waals surface area contributed by atoms with E-state index in [4.69, 9.17) is 5.10 Å². The molecule has 7 heteroatoms. The van der Waals surface area contributed by atoms with E-state index in [0.29, 0.717) is 18.1 Å². The van der Waals surface area contributed by atoms with E-state index in [2.05, 4.69) is 38.3 Å². The molecule has 0 saturated carbocycles. The van der Waals surface area contributed by atoms with Crippen LogP contribution in [0.3, 0.4) is 0 Å². The highest BCUT2D eigenvalue weighted by atomic mass is 16.2. The van der Waals surface area contributed by atoms with Gasteiger partial charge >= 0.3 is 6.03 Å². The number of amides is 3. The van der Waals surface area contributed by atoms with Crippen molar-refractivity contribution in [2.45, 2.75) is 53.4 Å². The van der Waals surface area contributed by atoms with E-state index < -0.39 is 0 Å². The van der Waals surface area contributed by atoms with Gasteiger partial charge in [-0.2, -0.15) is 5.10 Å². The van der Waals surface area contributed by atoms with Crippen LogP contribution in [0.5, 0.6) is 0 Å². The molecule has 3 aromatic rings. The largest absolute Gasteiger partial charge is 0.322 e. The third-order valence-electron chi connectivity index (χ3n) is 5.61. The Morgan fingerprint density at radius 3 is 2.29 bits per heavy atom. The van der Waals surface area contributed by atoms with Gasteiger partial charge in [0.1, 0.15) is 12.4 Å². The van der Waals surface area contributed by atoms with Crippen LogP contribution in [-0.4, -0.2) is 39.7 Å². The minimum Gasteiger partial charge on any atom is -0.315 e. The number of aromatic nitrogens is 2. The molecule has 0 fully saturated rings. The van der Waals surface area contributed by atoms with Gasteiger partial charge in [-0.3, -0.25) is 4.79 Å². The molecule has 0 unspecified atom stereocenters. The molecule has 1 heterocycles. The van der Waals surface area contributed by atoms with E-state index in [1.807, 2.05) is 68.4 Å². The highest BCUT2D eigenvalue weighted by Crippen LogP contribution is 2.26. The van der Waals surface area contributed by atoms with Gasteiger partial charge in [-0.25, -0.2) is 9.48 Å². The molecule has 0 aliphatic carbocycles. The third kappa shape index (κ3) is 6.25. The fourth-order valence-corrected chi connectivity index (χ4v) is 3.50. The zero-order valence-electron chi connectivity index (χ0n) is 21.0. The number of nitrogens with zero attached hydrogens (tertiary/aromatic N) is 3. The predicted octanol–water partition coefficient (Wildman–Crippen LogP) is 5.53. The van der Waals surface area contributed by atoms with Gasteiger partial charge in [-0.15, -0.1) is 0 Å². The zero-order chi connectivity index (χ0) is 24.9. The first-order chi connectivity index (χ1) is 16.1. The predicted molar refractivity (Wildman–Crippen MR) is 138 cm³/mol. The molecule has 0 saturated heterocycles. The summed E-state index contributed by atoms with van der Waals surface area (Å²) < 4.78 is 1.75. The lowest BCUT2D eigenvalue weighted by Crippen LogP contribution is -2.40. The number of hydrogen-bond acceptors (Lipinski definition) is 3. The highest BCUT2D eigenvalue weighted by molar-refractivity contribution is 5.96. The van der Waals surface area contributed by atoms with Crippen LogP contribution in [0.4, 0.5) is 16.3 Å². The van der Waals surface area contributed by atoms with E-state index >= 15 is 0 Å². The number of carbonyl (C=O) groups excluding carboxylic acids is 2. The topological polar surface area (TPSA) is 79.3 Å². The summed E-state index contributed by atoms with van der Waals surface area (Å²) in [5.74, 6) is 0.291. The summed E-state index contributed by atoms with van der Waals surface area (Å²) in [5.41, 5.74) is 4.55. The van der Waals surface area contributed by atoms with Gasteiger partial charge in [0.05, 0.1) is 11.4 Å². The van der Waals surface area contributed by atoms with Gasteiger partial charge in [-0.1, -0.05) is 52.0 Å². The van der Waals surface area contributed by atoms with Crippen molar-refractivity contribution in [3.8, 4) is 5.69 Å². The van der Waals surface area contributed by atoms with E-state index in [1.165, 1.54) is 10.5 Å². The Bertz CT molecular complexity index is 1140. The standard InChI is InChI=1S/C27H35N5O2/c1-7-20-12-14-21(15-13-20)28-26(34)31(8-2)18-25(33)29-24-17-23(27(4,5)6)30-32(24)22-11-9-10-19(3)16-22/h9-17H,7-8,18H2,1-6H3,(H,28,34)(H,29,33). The molecule has 0 atom stereocenters. The summed E-state index contributed by atoms with van der Waals surface area (Å²) in [5, 5.41) is 10.6. The number of aryl methyl sites for hydroxylation is 2. The number of benzene rings is 2. The van der Waals surface area contributed by atoms with E-state index in [9.17, 15) is 9.59 Å². The molecule has 180 valence electrons. The van der Waals surface area contributed by atoms with Crippen LogP contribution in [0, 0.1) is 6.92 Å². The van der Waals surface area contributed by atoms with Crippen molar-refractivity contribution in [2.75, 3.05) is 23.7 Å². The summed E-state index contributed by atoms with van der Waals surface area (Å²) in [6.45, 7) is 12.5. The zero-order valence-corrected chi connectivity index (χ0v) is 21.0. The number of likely N-dealkylation sites (N-methyl/N-ethyl adjacent to an activating group) is 1. The third-order valence-corrected chi connectivity index (χ3v) is 5.61. The summed E-state index contributed by atoms with van der Waals surface area (Å²) in [6, 6.07) is 17.3. The summed E-state index contributed by atoms with van der Waals surface area (Å²) in [4.78, 5) is 27.2. The summed E-state index contributed by atoms with van der Waals surface area (Å²) >= 11 is 0. The number of hydrogen-bond donors (Lipinski definition) is 2. The second-order valence-corrected chi connectivity index (χ2v) is 9.46. The van der Waals surface area contributed by atoms with Crippen molar-refractivity contribution >= 4 is 23.4 Å². The van der Waals surface area contributed by atoms with E-state index in [1.54, 1.807) is 4.68 Å². The monoisotopic (exact) mass is 461 g/mol.